The molecule has 11 heteroatoms. The van der Waals surface area contributed by atoms with E-state index in [9.17, 15) is 13.2 Å². The molecule has 0 atom stereocenters. The number of nitrogens with zero attached hydrogens (tertiary/aromatic N) is 7. The van der Waals surface area contributed by atoms with Crippen LogP contribution in [0.25, 0.3) is 5.65 Å². The summed E-state index contributed by atoms with van der Waals surface area (Å²) in [5.41, 5.74) is 0.0689. The Balaban J connectivity index is 1.32. The van der Waals surface area contributed by atoms with E-state index in [1.54, 1.807) is 6.07 Å². The van der Waals surface area contributed by atoms with Crippen molar-refractivity contribution in [1.82, 2.24) is 30.0 Å². The Kier molecular flexibility index (Phi) is 3.59. The number of anilines is 1. The molecule has 5 rings (SSSR count). The Hall–Kier alpha value is -2.72. The predicted molar refractivity (Wildman–Crippen MR) is 86.2 cm³/mol. The van der Waals surface area contributed by atoms with Crippen LogP contribution in [-0.4, -0.2) is 43.1 Å². The summed E-state index contributed by atoms with van der Waals surface area (Å²) in [5, 5.41) is 19.1. The molecule has 0 bridgehead atoms. The molecule has 4 heterocycles. The van der Waals surface area contributed by atoms with Crippen LogP contribution in [0.15, 0.2) is 16.5 Å². The van der Waals surface area contributed by atoms with E-state index in [4.69, 9.17) is 4.42 Å². The molecule has 0 radical (unpaired) electrons. The average Bonchev–Trinajstić information content (AvgIpc) is 3.22. The van der Waals surface area contributed by atoms with Crippen LogP contribution in [0.3, 0.4) is 0 Å². The van der Waals surface area contributed by atoms with Crippen LogP contribution in [0, 0.1) is 0 Å². The minimum atomic E-state index is -4.60. The second-order valence-electron chi connectivity index (χ2n) is 7.00. The van der Waals surface area contributed by atoms with Crippen LogP contribution >= 0.6 is 0 Å². The molecule has 0 N–H and O–H groups in total. The number of hydrogen-bond acceptors (Lipinski definition) is 7. The fraction of sp³-hybridized carbons (Fsp3) is 0.562. The molecular weight excluding hydrogens is 363 g/mol. The first-order valence-corrected chi connectivity index (χ1v) is 8.87. The van der Waals surface area contributed by atoms with E-state index in [1.807, 2.05) is 4.90 Å². The molecule has 1 saturated carbocycles. The summed E-state index contributed by atoms with van der Waals surface area (Å²) in [6.07, 6.45) is -0.829. The minimum absolute atomic E-state index is 0.0689. The first kappa shape index (κ1) is 16.5. The van der Waals surface area contributed by atoms with Crippen LogP contribution < -0.4 is 4.90 Å². The van der Waals surface area contributed by atoms with Crippen molar-refractivity contribution in [2.75, 3.05) is 18.0 Å². The van der Waals surface area contributed by atoms with Gasteiger partial charge in [-0.2, -0.15) is 17.7 Å². The Morgan fingerprint density at radius 3 is 2.19 bits per heavy atom. The summed E-state index contributed by atoms with van der Waals surface area (Å²) in [4.78, 5) is 1.95. The lowest BCUT2D eigenvalue weighted by molar-refractivity contribution is -0.146. The fourth-order valence-electron chi connectivity index (χ4n) is 3.39. The number of rotatable bonds is 3. The highest BCUT2D eigenvalue weighted by Gasteiger charge is 2.38. The second-order valence-corrected chi connectivity index (χ2v) is 7.00. The van der Waals surface area contributed by atoms with Gasteiger partial charge in [0.1, 0.15) is 5.82 Å². The van der Waals surface area contributed by atoms with Crippen molar-refractivity contribution in [2.24, 2.45) is 0 Å². The topological polar surface area (TPSA) is 85.2 Å². The van der Waals surface area contributed by atoms with Gasteiger partial charge in [0.25, 0.3) is 5.82 Å². The van der Waals surface area contributed by atoms with Gasteiger partial charge in [-0.15, -0.1) is 25.5 Å². The molecule has 8 nitrogen and oxygen atoms in total. The third-order valence-electron chi connectivity index (χ3n) is 5.05. The zero-order valence-corrected chi connectivity index (χ0v) is 14.2. The zero-order chi connectivity index (χ0) is 18.6. The Bertz CT molecular complexity index is 970. The second kappa shape index (κ2) is 5.89. The summed E-state index contributed by atoms with van der Waals surface area (Å²) in [6, 6.07) is 3.17. The number of fused-ring (bicyclic) bond motifs is 1. The Labute approximate surface area is 151 Å². The molecule has 1 aliphatic heterocycles. The van der Waals surface area contributed by atoms with Crippen molar-refractivity contribution < 1.29 is 17.6 Å². The first-order valence-electron chi connectivity index (χ1n) is 8.87. The van der Waals surface area contributed by atoms with Crippen LogP contribution in [0.2, 0.25) is 0 Å². The van der Waals surface area contributed by atoms with Crippen molar-refractivity contribution in [3.8, 4) is 0 Å². The van der Waals surface area contributed by atoms with Crippen molar-refractivity contribution in [2.45, 2.75) is 43.7 Å². The van der Waals surface area contributed by atoms with E-state index in [0.29, 0.717) is 30.7 Å². The van der Waals surface area contributed by atoms with Crippen LogP contribution in [0.5, 0.6) is 0 Å². The van der Waals surface area contributed by atoms with E-state index in [2.05, 4.69) is 25.5 Å². The standard InChI is InChI=1S/C16H16F3N7O/c17-16(18,19)15-23-20-11-3-4-12(24-26(11)15)25-7-5-10(6-8-25)14-22-21-13(27-14)9-1-2-9/h3-4,9-10H,1-2,5-8H2. The molecule has 0 unspecified atom stereocenters. The SMILES string of the molecule is FC(F)(F)c1nnc2ccc(N3CCC(c4nnc(C5CC5)o4)CC3)nn12. The normalized spacial score (nSPS) is 19.1. The van der Waals surface area contributed by atoms with Gasteiger partial charge >= 0.3 is 6.18 Å². The largest absolute Gasteiger partial charge is 0.453 e. The maximum Gasteiger partial charge on any atom is 0.453 e. The fourth-order valence-corrected chi connectivity index (χ4v) is 3.39. The van der Waals surface area contributed by atoms with E-state index in [-0.39, 0.29) is 11.6 Å². The molecular formula is C16H16F3N7O. The van der Waals surface area contributed by atoms with Crippen LogP contribution in [0.4, 0.5) is 19.0 Å². The summed E-state index contributed by atoms with van der Waals surface area (Å²) < 4.78 is 45.6. The van der Waals surface area contributed by atoms with Gasteiger partial charge in [-0.3, -0.25) is 0 Å². The highest BCUT2D eigenvalue weighted by Crippen LogP contribution is 2.40. The molecule has 0 aromatic carbocycles. The summed E-state index contributed by atoms with van der Waals surface area (Å²) in [5.74, 6) is 1.34. The van der Waals surface area contributed by atoms with E-state index in [0.717, 1.165) is 36.1 Å². The molecule has 0 amide bonds. The van der Waals surface area contributed by atoms with Gasteiger partial charge in [0.15, 0.2) is 5.65 Å². The lowest BCUT2D eigenvalue weighted by Crippen LogP contribution is -2.34. The highest BCUT2D eigenvalue weighted by atomic mass is 19.4. The van der Waals surface area contributed by atoms with E-state index >= 15 is 0 Å². The number of alkyl halides is 3. The van der Waals surface area contributed by atoms with Gasteiger partial charge in [-0.25, -0.2) is 0 Å². The summed E-state index contributed by atoms with van der Waals surface area (Å²) >= 11 is 0. The lowest BCUT2D eigenvalue weighted by atomic mass is 9.97. The molecule has 3 aromatic heterocycles. The molecule has 142 valence electrons. The van der Waals surface area contributed by atoms with E-state index < -0.39 is 12.0 Å². The molecule has 0 spiro atoms. The average molecular weight is 379 g/mol. The van der Waals surface area contributed by atoms with Gasteiger partial charge < -0.3 is 9.32 Å². The quantitative estimate of drug-likeness (QED) is 0.692. The smallest absolute Gasteiger partial charge is 0.425 e. The first-order chi connectivity index (χ1) is 13.0. The minimum Gasteiger partial charge on any atom is -0.425 e. The molecule has 27 heavy (non-hydrogen) atoms. The van der Waals surface area contributed by atoms with Crippen molar-refractivity contribution in [1.29, 1.82) is 0 Å². The van der Waals surface area contributed by atoms with Crippen molar-refractivity contribution in [3.63, 3.8) is 0 Å². The molecule has 1 aliphatic carbocycles. The summed E-state index contributed by atoms with van der Waals surface area (Å²) in [7, 11) is 0. The molecule has 1 saturated heterocycles. The molecule has 2 fully saturated rings. The van der Waals surface area contributed by atoms with Gasteiger partial charge in [-0.05, 0) is 37.8 Å². The van der Waals surface area contributed by atoms with E-state index in [1.165, 1.54) is 6.07 Å². The number of halogens is 3. The zero-order valence-electron chi connectivity index (χ0n) is 14.2. The van der Waals surface area contributed by atoms with Gasteiger partial charge in [0.05, 0.1) is 0 Å². The van der Waals surface area contributed by atoms with Crippen LogP contribution in [-0.2, 0) is 6.18 Å². The molecule has 2 aliphatic rings. The Morgan fingerprint density at radius 1 is 0.889 bits per heavy atom. The third-order valence-corrected chi connectivity index (χ3v) is 5.05. The van der Waals surface area contributed by atoms with Gasteiger partial charge in [0.2, 0.25) is 11.8 Å². The van der Waals surface area contributed by atoms with Gasteiger partial charge in [-0.1, -0.05) is 0 Å². The van der Waals surface area contributed by atoms with Crippen LogP contribution in [0.1, 0.15) is 55.1 Å². The maximum absolute atomic E-state index is 13.0. The monoisotopic (exact) mass is 379 g/mol. The third kappa shape index (κ3) is 3.00. The maximum atomic E-state index is 13.0. The predicted octanol–water partition coefficient (Wildman–Crippen LogP) is 2.79. The number of aromatic nitrogens is 6. The summed E-state index contributed by atoms with van der Waals surface area (Å²) in [6.45, 7) is 1.29. The lowest BCUT2D eigenvalue weighted by Gasteiger charge is -2.31. The Morgan fingerprint density at radius 2 is 1.56 bits per heavy atom. The number of hydrogen-bond donors (Lipinski definition) is 0. The van der Waals surface area contributed by atoms with Gasteiger partial charge in [0, 0.05) is 24.9 Å². The molecule has 3 aromatic rings. The van der Waals surface area contributed by atoms with Crippen molar-refractivity contribution in [3.05, 3.63) is 29.7 Å². The number of piperidine rings is 1. The van der Waals surface area contributed by atoms with Crippen molar-refractivity contribution >= 4 is 11.5 Å². The highest BCUT2D eigenvalue weighted by molar-refractivity contribution is 5.46.